The Labute approximate surface area is 116 Å². The average molecular weight is 273 g/mol. The minimum Gasteiger partial charge on any atom is -0.465 e. The number of anilines is 1. The molecule has 104 valence electrons. The molecule has 0 aliphatic rings. The minimum absolute atomic E-state index is 0.0919. The van der Waals surface area contributed by atoms with Gasteiger partial charge in [0.2, 0.25) is 0 Å². The molecular formula is C15H15NO4. The van der Waals surface area contributed by atoms with Gasteiger partial charge in [-0.3, -0.25) is 0 Å². The predicted molar refractivity (Wildman–Crippen MR) is 74.6 cm³/mol. The molecule has 0 spiro atoms. The number of hydrogen-bond donors (Lipinski definition) is 2. The van der Waals surface area contributed by atoms with Crippen molar-refractivity contribution in [2.24, 2.45) is 0 Å². The standard InChI is InChI=1S/C15H15NO4/c1-19-15(18)12-6-3-7-13(16)14(12)20-11-5-2-4-10(8-11)9-17/h2-8,17H,9,16H2,1H3. The summed E-state index contributed by atoms with van der Waals surface area (Å²) < 4.78 is 10.4. The zero-order valence-corrected chi connectivity index (χ0v) is 11.0. The van der Waals surface area contributed by atoms with Gasteiger partial charge in [0, 0.05) is 0 Å². The van der Waals surface area contributed by atoms with Crippen LogP contribution in [-0.4, -0.2) is 18.2 Å². The van der Waals surface area contributed by atoms with E-state index in [9.17, 15) is 4.79 Å². The van der Waals surface area contributed by atoms with Gasteiger partial charge in [0.15, 0.2) is 5.75 Å². The Morgan fingerprint density at radius 1 is 1.25 bits per heavy atom. The number of nitrogens with two attached hydrogens (primary N) is 1. The van der Waals surface area contributed by atoms with Gasteiger partial charge in [0.25, 0.3) is 0 Å². The second-order valence-electron chi connectivity index (χ2n) is 4.12. The lowest BCUT2D eigenvalue weighted by Gasteiger charge is -2.12. The maximum Gasteiger partial charge on any atom is 0.341 e. The Balaban J connectivity index is 2.39. The summed E-state index contributed by atoms with van der Waals surface area (Å²) in [5.74, 6) is 0.208. The largest absolute Gasteiger partial charge is 0.465 e. The van der Waals surface area contributed by atoms with Crippen LogP contribution in [0.4, 0.5) is 5.69 Å². The Kier molecular flexibility index (Phi) is 4.22. The summed E-state index contributed by atoms with van der Waals surface area (Å²) in [4.78, 5) is 11.7. The van der Waals surface area contributed by atoms with Crippen molar-refractivity contribution in [2.75, 3.05) is 12.8 Å². The topological polar surface area (TPSA) is 81.8 Å². The zero-order valence-electron chi connectivity index (χ0n) is 11.0. The molecule has 0 radical (unpaired) electrons. The van der Waals surface area contributed by atoms with Gasteiger partial charge in [0.1, 0.15) is 11.3 Å². The van der Waals surface area contributed by atoms with Crippen LogP contribution in [0.15, 0.2) is 42.5 Å². The monoisotopic (exact) mass is 273 g/mol. The molecular weight excluding hydrogens is 258 g/mol. The van der Waals surface area contributed by atoms with E-state index in [1.165, 1.54) is 7.11 Å². The Morgan fingerprint density at radius 3 is 2.70 bits per heavy atom. The van der Waals surface area contributed by atoms with E-state index in [0.717, 1.165) is 0 Å². The summed E-state index contributed by atoms with van der Waals surface area (Å²) in [5, 5.41) is 9.11. The van der Waals surface area contributed by atoms with Crippen molar-refractivity contribution < 1.29 is 19.4 Å². The van der Waals surface area contributed by atoms with E-state index in [1.54, 1.807) is 42.5 Å². The first-order valence-corrected chi connectivity index (χ1v) is 6.00. The maximum atomic E-state index is 11.7. The van der Waals surface area contributed by atoms with Crippen molar-refractivity contribution in [2.45, 2.75) is 6.61 Å². The number of aliphatic hydroxyl groups excluding tert-OH is 1. The first-order chi connectivity index (χ1) is 9.65. The lowest BCUT2D eigenvalue weighted by molar-refractivity contribution is 0.0598. The average Bonchev–Trinajstić information content (AvgIpc) is 2.48. The first kappa shape index (κ1) is 13.9. The number of benzene rings is 2. The van der Waals surface area contributed by atoms with Crippen LogP contribution >= 0.6 is 0 Å². The highest BCUT2D eigenvalue weighted by atomic mass is 16.5. The van der Waals surface area contributed by atoms with Gasteiger partial charge >= 0.3 is 5.97 Å². The van der Waals surface area contributed by atoms with Crippen LogP contribution in [0, 0.1) is 0 Å². The highest BCUT2D eigenvalue weighted by Crippen LogP contribution is 2.32. The molecule has 0 unspecified atom stereocenters. The van der Waals surface area contributed by atoms with Crippen molar-refractivity contribution in [1.29, 1.82) is 0 Å². The molecule has 0 fully saturated rings. The SMILES string of the molecule is COC(=O)c1cccc(N)c1Oc1cccc(CO)c1. The minimum atomic E-state index is -0.523. The zero-order chi connectivity index (χ0) is 14.5. The summed E-state index contributed by atoms with van der Waals surface area (Å²) in [7, 11) is 1.29. The van der Waals surface area contributed by atoms with Crippen LogP contribution in [0.2, 0.25) is 0 Å². The number of ether oxygens (including phenoxy) is 2. The van der Waals surface area contributed by atoms with Crippen molar-refractivity contribution in [3.8, 4) is 11.5 Å². The highest BCUT2D eigenvalue weighted by molar-refractivity contribution is 5.94. The third-order valence-corrected chi connectivity index (χ3v) is 2.75. The van der Waals surface area contributed by atoms with Gasteiger partial charge in [-0.15, -0.1) is 0 Å². The number of rotatable bonds is 4. The van der Waals surface area contributed by atoms with Gasteiger partial charge in [-0.05, 0) is 29.8 Å². The van der Waals surface area contributed by atoms with Crippen LogP contribution < -0.4 is 10.5 Å². The molecule has 2 aromatic carbocycles. The van der Waals surface area contributed by atoms with E-state index in [-0.39, 0.29) is 17.9 Å². The molecule has 0 saturated carbocycles. The van der Waals surface area contributed by atoms with Crippen molar-refractivity contribution in [3.05, 3.63) is 53.6 Å². The molecule has 0 heterocycles. The van der Waals surface area contributed by atoms with E-state index in [1.807, 2.05) is 0 Å². The third-order valence-electron chi connectivity index (χ3n) is 2.75. The molecule has 5 nitrogen and oxygen atoms in total. The summed E-state index contributed by atoms with van der Waals surface area (Å²) >= 11 is 0. The molecule has 0 aliphatic carbocycles. The summed E-state index contributed by atoms with van der Waals surface area (Å²) in [6, 6.07) is 11.8. The van der Waals surface area contributed by atoms with E-state index in [0.29, 0.717) is 17.0 Å². The van der Waals surface area contributed by atoms with Gasteiger partial charge in [-0.1, -0.05) is 18.2 Å². The van der Waals surface area contributed by atoms with E-state index in [2.05, 4.69) is 0 Å². The third kappa shape index (κ3) is 2.89. The number of esters is 1. The Morgan fingerprint density at radius 2 is 2.00 bits per heavy atom. The number of aliphatic hydroxyl groups is 1. The normalized spacial score (nSPS) is 10.1. The number of carbonyl (C=O) groups excluding carboxylic acids is 1. The van der Waals surface area contributed by atoms with Gasteiger partial charge in [-0.25, -0.2) is 4.79 Å². The maximum absolute atomic E-state index is 11.7. The van der Waals surface area contributed by atoms with E-state index in [4.69, 9.17) is 20.3 Å². The number of methoxy groups -OCH3 is 1. The van der Waals surface area contributed by atoms with Crippen molar-refractivity contribution >= 4 is 11.7 Å². The molecule has 20 heavy (non-hydrogen) atoms. The van der Waals surface area contributed by atoms with Crippen LogP contribution in [-0.2, 0) is 11.3 Å². The van der Waals surface area contributed by atoms with Crippen LogP contribution in [0.5, 0.6) is 11.5 Å². The second kappa shape index (κ2) is 6.08. The lowest BCUT2D eigenvalue weighted by Crippen LogP contribution is -2.05. The van der Waals surface area contributed by atoms with Gasteiger partial charge < -0.3 is 20.3 Å². The van der Waals surface area contributed by atoms with Gasteiger partial charge in [-0.2, -0.15) is 0 Å². The molecule has 0 aliphatic heterocycles. The predicted octanol–water partition coefficient (Wildman–Crippen LogP) is 2.34. The van der Waals surface area contributed by atoms with Gasteiger partial charge in [0.05, 0.1) is 19.4 Å². The number of hydrogen-bond acceptors (Lipinski definition) is 5. The van der Waals surface area contributed by atoms with Crippen LogP contribution in [0.1, 0.15) is 15.9 Å². The smallest absolute Gasteiger partial charge is 0.341 e. The summed E-state index contributed by atoms with van der Waals surface area (Å²) in [5.41, 5.74) is 7.14. The Hall–Kier alpha value is -2.53. The van der Waals surface area contributed by atoms with Crippen LogP contribution in [0.25, 0.3) is 0 Å². The fraction of sp³-hybridized carbons (Fsp3) is 0.133. The molecule has 0 saturated heterocycles. The fourth-order valence-electron chi connectivity index (χ4n) is 1.76. The molecule has 3 N–H and O–H groups in total. The second-order valence-corrected chi connectivity index (χ2v) is 4.12. The molecule has 0 amide bonds. The lowest BCUT2D eigenvalue weighted by atomic mass is 10.1. The van der Waals surface area contributed by atoms with Crippen LogP contribution in [0.3, 0.4) is 0 Å². The molecule has 0 bridgehead atoms. The van der Waals surface area contributed by atoms with Crippen molar-refractivity contribution in [1.82, 2.24) is 0 Å². The Bertz CT molecular complexity index is 625. The number of nitrogen functional groups attached to an aromatic ring is 1. The first-order valence-electron chi connectivity index (χ1n) is 6.00. The highest BCUT2D eigenvalue weighted by Gasteiger charge is 2.16. The molecule has 0 atom stereocenters. The summed E-state index contributed by atoms with van der Waals surface area (Å²) in [6.45, 7) is -0.0919. The fourth-order valence-corrected chi connectivity index (χ4v) is 1.76. The summed E-state index contributed by atoms with van der Waals surface area (Å²) in [6.07, 6.45) is 0. The molecule has 5 heteroatoms. The molecule has 2 rings (SSSR count). The number of carbonyl (C=O) groups is 1. The van der Waals surface area contributed by atoms with E-state index < -0.39 is 5.97 Å². The molecule has 2 aromatic rings. The quantitative estimate of drug-likeness (QED) is 0.660. The van der Waals surface area contributed by atoms with Crippen molar-refractivity contribution in [3.63, 3.8) is 0 Å². The number of para-hydroxylation sites is 1. The van der Waals surface area contributed by atoms with E-state index >= 15 is 0 Å². The molecule has 0 aromatic heterocycles.